The summed E-state index contributed by atoms with van der Waals surface area (Å²) in [6.45, 7) is 9.61. The van der Waals surface area contributed by atoms with E-state index in [9.17, 15) is 14.9 Å². The van der Waals surface area contributed by atoms with Crippen molar-refractivity contribution in [3.63, 3.8) is 0 Å². The number of nitrogens with zero attached hydrogens (tertiary/aromatic N) is 3. The largest absolute Gasteiger partial charge is 0.497 e. The second kappa shape index (κ2) is 9.93. The quantitative estimate of drug-likeness (QED) is 0.233. The summed E-state index contributed by atoms with van der Waals surface area (Å²) in [4.78, 5) is 29.1. The van der Waals surface area contributed by atoms with Gasteiger partial charge in [0.1, 0.15) is 16.9 Å². The topological polar surface area (TPSA) is 109 Å². The van der Waals surface area contributed by atoms with Crippen LogP contribution in [0.3, 0.4) is 0 Å². The van der Waals surface area contributed by atoms with Crippen molar-refractivity contribution in [2.75, 3.05) is 12.4 Å². The summed E-state index contributed by atoms with van der Waals surface area (Å²) in [6, 6.07) is 14.2. The Morgan fingerprint density at radius 3 is 2.41 bits per heavy atom. The normalized spacial score (nSPS) is 11.4. The highest BCUT2D eigenvalue weighted by atomic mass is 16.6. The third-order valence-corrected chi connectivity index (χ3v) is 6.00. The summed E-state index contributed by atoms with van der Waals surface area (Å²) in [5, 5.41) is 15.5. The molecule has 2 aromatic heterocycles. The van der Waals surface area contributed by atoms with Gasteiger partial charge in [0.15, 0.2) is 5.82 Å². The minimum atomic E-state index is -0.734. The molecule has 0 unspecified atom stereocenters. The molecule has 0 aliphatic carbocycles. The third kappa shape index (κ3) is 5.25. The summed E-state index contributed by atoms with van der Waals surface area (Å²) in [6.07, 6.45) is 1.14. The molecular weight excluding hydrogens is 472 g/mol. The molecule has 192 valence electrons. The molecule has 0 aliphatic rings. The van der Waals surface area contributed by atoms with Crippen LogP contribution in [0.5, 0.6) is 5.75 Å². The van der Waals surface area contributed by atoms with Gasteiger partial charge in [0.2, 0.25) is 0 Å². The zero-order chi connectivity index (χ0) is 26.9. The lowest BCUT2D eigenvalue weighted by Crippen LogP contribution is -2.27. The fourth-order valence-electron chi connectivity index (χ4n) is 4.29. The maximum Gasteiger partial charge on any atom is 0.419 e. The Hall–Kier alpha value is -4.40. The van der Waals surface area contributed by atoms with Crippen LogP contribution < -0.4 is 10.1 Å². The molecule has 0 radical (unpaired) electrons. The van der Waals surface area contributed by atoms with Crippen molar-refractivity contribution < 1.29 is 19.2 Å². The lowest BCUT2D eigenvalue weighted by Gasteiger charge is -2.22. The van der Waals surface area contributed by atoms with E-state index in [-0.39, 0.29) is 5.69 Å². The molecule has 0 fully saturated rings. The molecule has 2 aromatic carbocycles. The van der Waals surface area contributed by atoms with Gasteiger partial charge in [-0.2, -0.15) is 0 Å². The number of aromatic nitrogens is 2. The SMILES string of the molecule is COc1ccc(CNc2nccc3c(C)c(-c4ccc([N+](=O)[O-])cc4C)n(C(=O)OC(C)(C)C)c23)cc1. The first-order chi connectivity index (χ1) is 17.5. The van der Waals surface area contributed by atoms with Gasteiger partial charge in [0.25, 0.3) is 5.69 Å². The highest BCUT2D eigenvalue weighted by Gasteiger charge is 2.28. The van der Waals surface area contributed by atoms with Crippen LogP contribution >= 0.6 is 0 Å². The summed E-state index contributed by atoms with van der Waals surface area (Å²) >= 11 is 0. The number of methoxy groups -OCH3 is 1. The molecule has 0 aliphatic heterocycles. The van der Waals surface area contributed by atoms with Crippen LogP contribution in [-0.2, 0) is 11.3 Å². The van der Waals surface area contributed by atoms with E-state index in [4.69, 9.17) is 9.47 Å². The average Bonchev–Trinajstić information content (AvgIpc) is 3.14. The van der Waals surface area contributed by atoms with E-state index in [1.807, 2.05) is 37.3 Å². The number of non-ortho nitro benzene ring substituents is 1. The van der Waals surface area contributed by atoms with Crippen molar-refractivity contribution >= 4 is 28.5 Å². The number of hydrogen-bond donors (Lipinski definition) is 1. The number of ether oxygens (including phenoxy) is 2. The number of fused-ring (bicyclic) bond motifs is 1. The Kier molecular flexibility index (Phi) is 6.89. The molecule has 1 N–H and O–H groups in total. The zero-order valence-electron chi connectivity index (χ0n) is 21.8. The number of benzene rings is 2. The molecule has 9 heteroatoms. The number of nitrogens with one attached hydrogen (secondary N) is 1. The smallest absolute Gasteiger partial charge is 0.419 e. The van der Waals surface area contributed by atoms with Gasteiger partial charge < -0.3 is 14.8 Å². The van der Waals surface area contributed by atoms with Gasteiger partial charge in [-0.15, -0.1) is 0 Å². The van der Waals surface area contributed by atoms with Crippen LogP contribution in [0.1, 0.15) is 37.5 Å². The number of anilines is 1. The van der Waals surface area contributed by atoms with Gasteiger partial charge in [-0.1, -0.05) is 12.1 Å². The second-order valence-electron chi connectivity index (χ2n) is 9.80. The van der Waals surface area contributed by atoms with Crippen LogP contribution in [0.15, 0.2) is 54.7 Å². The molecule has 4 rings (SSSR count). The van der Waals surface area contributed by atoms with Crippen LogP contribution in [0, 0.1) is 24.0 Å². The minimum absolute atomic E-state index is 0.0117. The van der Waals surface area contributed by atoms with Gasteiger partial charge in [-0.25, -0.2) is 14.3 Å². The number of nitro groups is 1. The third-order valence-electron chi connectivity index (χ3n) is 6.00. The Morgan fingerprint density at radius 2 is 1.81 bits per heavy atom. The van der Waals surface area contributed by atoms with E-state index in [1.54, 1.807) is 47.1 Å². The van der Waals surface area contributed by atoms with Gasteiger partial charge in [0, 0.05) is 35.8 Å². The Bertz CT molecular complexity index is 1480. The average molecular weight is 503 g/mol. The number of aryl methyl sites for hydroxylation is 2. The first-order valence-electron chi connectivity index (χ1n) is 11.9. The van der Waals surface area contributed by atoms with E-state index in [0.717, 1.165) is 22.3 Å². The molecule has 0 saturated heterocycles. The van der Waals surface area contributed by atoms with Crippen molar-refractivity contribution in [1.82, 2.24) is 9.55 Å². The molecule has 0 bridgehead atoms. The highest BCUT2D eigenvalue weighted by Crippen LogP contribution is 2.38. The van der Waals surface area contributed by atoms with Crippen molar-refractivity contribution in [3.05, 3.63) is 81.5 Å². The van der Waals surface area contributed by atoms with Crippen molar-refractivity contribution in [3.8, 4) is 17.0 Å². The lowest BCUT2D eigenvalue weighted by atomic mass is 10.0. The molecule has 0 amide bonds. The van der Waals surface area contributed by atoms with E-state index >= 15 is 0 Å². The molecule has 37 heavy (non-hydrogen) atoms. The lowest BCUT2D eigenvalue weighted by molar-refractivity contribution is -0.384. The van der Waals surface area contributed by atoms with Gasteiger partial charge in [-0.05, 0) is 75.6 Å². The fraction of sp³-hybridized carbons (Fsp3) is 0.286. The summed E-state index contributed by atoms with van der Waals surface area (Å²) < 4.78 is 12.6. The van der Waals surface area contributed by atoms with E-state index < -0.39 is 16.6 Å². The van der Waals surface area contributed by atoms with Crippen LogP contribution in [0.25, 0.3) is 22.2 Å². The van der Waals surface area contributed by atoms with Crippen LogP contribution in [-0.4, -0.2) is 33.3 Å². The summed E-state index contributed by atoms with van der Waals surface area (Å²) in [5.74, 6) is 1.29. The second-order valence-corrected chi connectivity index (χ2v) is 9.80. The van der Waals surface area contributed by atoms with Crippen molar-refractivity contribution in [2.45, 2.75) is 46.8 Å². The maximum atomic E-state index is 13.6. The number of carbonyl (C=O) groups is 1. The zero-order valence-corrected chi connectivity index (χ0v) is 21.8. The summed E-state index contributed by atoms with van der Waals surface area (Å²) in [5.41, 5.74) is 3.67. The number of rotatable bonds is 6. The Balaban J connectivity index is 1.89. The molecule has 0 spiro atoms. The first kappa shape index (κ1) is 25.7. The number of pyridine rings is 1. The molecular formula is C28H30N4O5. The number of carbonyl (C=O) groups excluding carboxylic acids is 1. The Labute approximate surface area is 215 Å². The molecule has 0 saturated carbocycles. The molecule has 2 heterocycles. The van der Waals surface area contributed by atoms with Crippen LogP contribution in [0.4, 0.5) is 16.3 Å². The van der Waals surface area contributed by atoms with E-state index in [0.29, 0.717) is 34.7 Å². The molecule has 4 aromatic rings. The molecule has 9 nitrogen and oxygen atoms in total. The van der Waals surface area contributed by atoms with E-state index in [1.165, 1.54) is 16.7 Å². The van der Waals surface area contributed by atoms with E-state index in [2.05, 4.69) is 10.3 Å². The van der Waals surface area contributed by atoms with Crippen LogP contribution in [0.2, 0.25) is 0 Å². The summed E-state index contributed by atoms with van der Waals surface area (Å²) in [7, 11) is 1.62. The maximum absolute atomic E-state index is 13.6. The highest BCUT2D eigenvalue weighted by molar-refractivity contribution is 6.04. The first-order valence-corrected chi connectivity index (χ1v) is 11.9. The van der Waals surface area contributed by atoms with Crippen molar-refractivity contribution in [2.24, 2.45) is 0 Å². The fourth-order valence-corrected chi connectivity index (χ4v) is 4.29. The standard InChI is InChI=1S/C28H30N4O5/c1-17-15-20(32(34)35)9-12-22(17)24-18(2)23-13-14-29-26(25(23)31(24)27(33)37-28(3,4)5)30-16-19-7-10-21(36-6)11-8-19/h7-15H,16H2,1-6H3,(H,29,30). The monoisotopic (exact) mass is 502 g/mol. The number of nitro benzene ring substituents is 1. The molecule has 0 atom stereocenters. The van der Waals surface area contributed by atoms with Gasteiger partial charge >= 0.3 is 6.09 Å². The van der Waals surface area contributed by atoms with Gasteiger partial charge in [0.05, 0.1) is 17.7 Å². The minimum Gasteiger partial charge on any atom is -0.497 e. The van der Waals surface area contributed by atoms with Crippen molar-refractivity contribution in [1.29, 1.82) is 0 Å². The predicted molar refractivity (Wildman–Crippen MR) is 143 cm³/mol. The Morgan fingerprint density at radius 1 is 1.11 bits per heavy atom. The van der Waals surface area contributed by atoms with Gasteiger partial charge in [-0.3, -0.25) is 10.1 Å². The number of hydrogen-bond acceptors (Lipinski definition) is 7. The predicted octanol–water partition coefficient (Wildman–Crippen LogP) is 6.63.